The summed E-state index contributed by atoms with van der Waals surface area (Å²) in [5, 5.41) is 0.841. The molecular formula is C16H19N3O4. The molecule has 1 aromatic carbocycles. The zero-order valence-electron chi connectivity index (χ0n) is 13.1. The Labute approximate surface area is 134 Å². The predicted molar refractivity (Wildman–Crippen MR) is 85.7 cm³/mol. The smallest absolute Gasteiger partial charge is 0.311 e. The van der Waals surface area contributed by atoms with Crippen LogP contribution in [0.5, 0.6) is 0 Å². The Kier molecular flexibility index (Phi) is 5.87. The Hall–Kier alpha value is -2.67. The van der Waals surface area contributed by atoms with Gasteiger partial charge in [-0.05, 0) is 12.1 Å². The second kappa shape index (κ2) is 8.09. The van der Waals surface area contributed by atoms with Crippen LogP contribution in [-0.4, -0.2) is 37.7 Å². The van der Waals surface area contributed by atoms with E-state index in [1.54, 1.807) is 6.07 Å². The molecule has 7 heteroatoms. The van der Waals surface area contributed by atoms with Crippen LogP contribution < -0.4 is 10.9 Å². The molecule has 23 heavy (non-hydrogen) atoms. The molecule has 1 heterocycles. The number of rotatable bonds is 7. The molecule has 0 saturated heterocycles. The van der Waals surface area contributed by atoms with Crippen LogP contribution in [0.15, 0.2) is 30.3 Å². The van der Waals surface area contributed by atoms with Gasteiger partial charge in [-0.3, -0.25) is 25.4 Å². The van der Waals surface area contributed by atoms with Crippen LogP contribution in [0.2, 0.25) is 0 Å². The van der Waals surface area contributed by atoms with Crippen molar-refractivity contribution >= 4 is 28.5 Å². The number of amides is 1. The number of hydrogen-bond donors (Lipinski definition) is 2. The number of nitrogens with zero attached hydrogens (tertiary/aromatic N) is 1. The van der Waals surface area contributed by atoms with E-state index in [9.17, 15) is 9.59 Å². The number of aromatic nitrogens is 1. The molecule has 0 bridgehead atoms. The summed E-state index contributed by atoms with van der Waals surface area (Å²) in [6.07, 6.45) is 0.315. The minimum atomic E-state index is -0.372. The van der Waals surface area contributed by atoms with Crippen LogP contribution in [0, 0.1) is 0 Å². The minimum absolute atomic E-state index is 0.0631. The summed E-state index contributed by atoms with van der Waals surface area (Å²) in [4.78, 5) is 27.6. The molecule has 1 aromatic heterocycles. The fourth-order valence-electron chi connectivity index (χ4n) is 2.04. The number of carbonyl (C=O) groups is 2. The van der Waals surface area contributed by atoms with Crippen molar-refractivity contribution in [3.63, 3.8) is 0 Å². The van der Waals surface area contributed by atoms with Crippen LogP contribution in [0.3, 0.4) is 0 Å². The topological polar surface area (TPSA) is 89.6 Å². The lowest BCUT2D eigenvalue weighted by molar-refractivity contribution is -0.139. The number of esters is 1. The molecule has 0 atom stereocenters. The van der Waals surface area contributed by atoms with Crippen molar-refractivity contribution in [3.05, 3.63) is 36.0 Å². The third-order valence-electron chi connectivity index (χ3n) is 3.19. The Balaban J connectivity index is 2.22. The Bertz CT molecular complexity index is 703. The van der Waals surface area contributed by atoms with Crippen molar-refractivity contribution in [2.24, 2.45) is 0 Å². The number of fused-ring (bicyclic) bond motifs is 1. The molecule has 0 radical (unpaired) electrons. The Morgan fingerprint density at radius 3 is 2.74 bits per heavy atom. The van der Waals surface area contributed by atoms with Gasteiger partial charge in [-0.15, -0.1) is 0 Å². The van der Waals surface area contributed by atoms with E-state index in [1.807, 2.05) is 24.3 Å². The molecule has 0 fully saturated rings. The van der Waals surface area contributed by atoms with Crippen molar-refractivity contribution in [2.75, 3.05) is 26.3 Å². The number of carbonyl (C=O) groups excluding carboxylic acids is 2. The molecule has 0 aliphatic carbocycles. The molecule has 1 amide bonds. The standard InChI is InChI=1S/C16H19N3O4/c1-22-8-7-15(20)19-18-14-9-11(10-16(21)23-2)17-13-6-4-3-5-12(13)14/h3-6,9H,7-8,10H2,1-2H3,(H,17,18)(H,19,20). The van der Waals surface area contributed by atoms with Crippen LogP contribution in [-0.2, 0) is 25.5 Å². The van der Waals surface area contributed by atoms with E-state index in [0.717, 1.165) is 10.9 Å². The van der Waals surface area contributed by atoms with Crippen molar-refractivity contribution in [3.8, 4) is 0 Å². The number of para-hydroxylation sites is 1. The maximum absolute atomic E-state index is 11.7. The lowest BCUT2D eigenvalue weighted by Gasteiger charge is -2.12. The third-order valence-corrected chi connectivity index (χ3v) is 3.19. The third kappa shape index (κ3) is 4.65. The monoisotopic (exact) mass is 317 g/mol. The molecule has 2 N–H and O–H groups in total. The van der Waals surface area contributed by atoms with Gasteiger partial charge in [-0.1, -0.05) is 18.2 Å². The maximum Gasteiger partial charge on any atom is 0.311 e. The van der Waals surface area contributed by atoms with Crippen molar-refractivity contribution in [2.45, 2.75) is 12.8 Å². The highest BCUT2D eigenvalue weighted by atomic mass is 16.5. The van der Waals surface area contributed by atoms with Gasteiger partial charge < -0.3 is 9.47 Å². The first-order chi connectivity index (χ1) is 11.1. The summed E-state index contributed by atoms with van der Waals surface area (Å²) >= 11 is 0. The molecule has 0 aliphatic rings. The van der Waals surface area contributed by atoms with E-state index in [2.05, 4.69) is 20.6 Å². The zero-order valence-corrected chi connectivity index (χ0v) is 13.1. The normalized spacial score (nSPS) is 10.3. The molecule has 0 saturated carbocycles. The largest absolute Gasteiger partial charge is 0.469 e. The first-order valence-electron chi connectivity index (χ1n) is 7.13. The number of nitrogens with one attached hydrogen (secondary N) is 2. The van der Waals surface area contributed by atoms with Gasteiger partial charge in [0.25, 0.3) is 0 Å². The van der Waals surface area contributed by atoms with Gasteiger partial charge in [0, 0.05) is 12.5 Å². The molecule has 0 unspecified atom stereocenters. The Morgan fingerprint density at radius 2 is 2.00 bits per heavy atom. The summed E-state index contributed by atoms with van der Waals surface area (Å²) in [5.41, 5.74) is 7.44. The van der Waals surface area contributed by atoms with Crippen molar-refractivity contribution < 1.29 is 19.1 Å². The number of ether oxygens (including phenoxy) is 2. The second-order valence-corrected chi connectivity index (χ2v) is 4.85. The van der Waals surface area contributed by atoms with Gasteiger partial charge in [0.15, 0.2) is 0 Å². The Morgan fingerprint density at radius 1 is 1.22 bits per heavy atom. The van der Waals surface area contributed by atoms with Crippen molar-refractivity contribution in [1.29, 1.82) is 0 Å². The predicted octanol–water partition coefficient (Wildman–Crippen LogP) is 1.43. The number of hydrogen-bond acceptors (Lipinski definition) is 6. The van der Waals surface area contributed by atoms with Gasteiger partial charge >= 0.3 is 5.97 Å². The average molecular weight is 317 g/mol. The second-order valence-electron chi connectivity index (χ2n) is 4.85. The summed E-state index contributed by atoms with van der Waals surface area (Å²) < 4.78 is 9.53. The quantitative estimate of drug-likeness (QED) is 0.593. The van der Waals surface area contributed by atoms with Crippen LogP contribution >= 0.6 is 0 Å². The van der Waals surface area contributed by atoms with Gasteiger partial charge in [-0.2, -0.15) is 0 Å². The summed E-state index contributed by atoms with van der Waals surface area (Å²) in [6.45, 7) is 0.345. The molecule has 0 aliphatic heterocycles. The average Bonchev–Trinajstić information content (AvgIpc) is 2.57. The summed E-state index contributed by atoms with van der Waals surface area (Å²) in [6, 6.07) is 9.18. The van der Waals surface area contributed by atoms with E-state index in [-0.39, 0.29) is 24.7 Å². The summed E-state index contributed by atoms with van der Waals surface area (Å²) in [5.74, 6) is -0.565. The van der Waals surface area contributed by atoms with E-state index in [0.29, 0.717) is 18.0 Å². The SMILES string of the molecule is COCCC(=O)NNc1cc(CC(=O)OC)nc2ccccc12. The minimum Gasteiger partial charge on any atom is -0.469 e. The highest BCUT2D eigenvalue weighted by molar-refractivity contribution is 5.92. The highest BCUT2D eigenvalue weighted by Crippen LogP contribution is 2.22. The van der Waals surface area contributed by atoms with Crippen LogP contribution in [0.1, 0.15) is 12.1 Å². The number of pyridine rings is 1. The molecule has 122 valence electrons. The first kappa shape index (κ1) is 16.7. The van der Waals surface area contributed by atoms with Crippen LogP contribution in [0.25, 0.3) is 10.9 Å². The molecule has 2 aromatic rings. The molecule has 2 rings (SSSR count). The van der Waals surface area contributed by atoms with Crippen molar-refractivity contribution in [1.82, 2.24) is 10.4 Å². The van der Waals surface area contributed by atoms with Gasteiger partial charge in [0.2, 0.25) is 5.91 Å². The van der Waals surface area contributed by atoms with Crippen LogP contribution in [0.4, 0.5) is 5.69 Å². The fourth-order valence-corrected chi connectivity index (χ4v) is 2.04. The maximum atomic E-state index is 11.7. The van der Waals surface area contributed by atoms with E-state index < -0.39 is 0 Å². The molecular weight excluding hydrogens is 298 g/mol. The summed E-state index contributed by atoms with van der Waals surface area (Å²) in [7, 11) is 2.87. The van der Waals surface area contributed by atoms with E-state index >= 15 is 0 Å². The number of anilines is 1. The van der Waals surface area contributed by atoms with Gasteiger partial charge in [-0.25, -0.2) is 0 Å². The van der Waals surface area contributed by atoms with E-state index in [4.69, 9.17) is 4.74 Å². The zero-order chi connectivity index (χ0) is 16.7. The first-order valence-corrected chi connectivity index (χ1v) is 7.13. The number of benzene rings is 1. The van der Waals surface area contributed by atoms with E-state index in [1.165, 1.54) is 14.2 Å². The lowest BCUT2D eigenvalue weighted by Crippen LogP contribution is -2.30. The lowest BCUT2D eigenvalue weighted by atomic mass is 10.1. The number of hydrazine groups is 1. The highest BCUT2D eigenvalue weighted by Gasteiger charge is 2.10. The molecule has 0 spiro atoms. The van der Waals surface area contributed by atoms with Gasteiger partial charge in [0.05, 0.1) is 43.5 Å². The fraction of sp³-hybridized carbons (Fsp3) is 0.312. The van der Waals surface area contributed by atoms with Gasteiger partial charge in [0.1, 0.15) is 0 Å². The molecule has 7 nitrogen and oxygen atoms in total. The number of methoxy groups -OCH3 is 2.